The van der Waals surface area contributed by atoms with Crippen molar-refractivity contribution < 1.29 is 28.6 Å². The van der Waals surface area contributed by atoms with Crippen molar-refractivity contribution in [3.8, 4) is 0 Å². The zero-order chi connectivity index (χ0) is 54.3. The smallest absolute Gasteiger partial charge is 0.306 e. The third-order valence-corrected chi connectivity index (χ3v) is 14.2. The number of unbranched alkanes of at least 4 members (excludes halogenated alkanes) is 36. The van der Waals surface area contributed by atoms with Gasteiger partial charge in [0, 0.05) is 19.3 Å². The molecule has 1 unspecified atom stereocenters. The highest BCUT2D eigenvalue weighted by Gasteiger charge is 2.19. The molecule has 0 aliphatic rings. The van der Waals surface area contributed by atoms with Crippen molar-refractivity contribution in [2.24, 2.45) is 0 Å². The topological polar surface area (TPSA) is 78.9 Å². The van der Waals surface area contributed by atoms with Gasteiger partial charge in [-0.05, 0) is 116 Å². The van der Waals surface area contributed by atoms with Gasteiger partial charge in [-0.2, -0.15) is 0 Å². The van der Waals surface area contributed by atoms with E-state index in [4.69, 9.17) is 14.2 Å². The van der Waals surface area contributed by atoms with Gasteiger partial charge in [-0.1, -0.05) is 267 Å². The molecule has 0 aliphatic heterocycles. The number of carbonyl (C=O) groups is 3. The van der Waals surface area contributed by atoms with Crippen LogP contribution in [0.2, 0.25) is 0 Å². The Morgan fingerprint density at radius 2 is 0.480 bits per heavy atom. The highest BCUT2D eigenvalue weighted by Crippen LogP contribution is 2.16. The minimum Gasteiger partial charge on any atom is -0.462 e. The van der Waals surface area contributed by atoms with Crippen LogP contribution in [0.15, 0.2) is 72.9 Å². The van der Waals surface area contributed by atoms with E-state index < -0.39 is 6.10 Å². The van der Waals surface area contributed by atoms with Gasteiger partial charge in [0.2, 0.25) is 0 Å². The van der Waals surface area contributed by atoms with E-state index in [1.165, 1.54) is 193 Å². The fraction of sp³-hybridized carbons (Fsp3) is 0.783. The van der Waals surface area contributed by atoms with Gasteiger partial charge in [-0.15, -0.1) is 0 Å². The molecular formula is C69H122O6. The summed E-state index contributed by atoms with van der Waals surface area (Å²) in [5.41, 5.74) is 0. The van der Waals surface area contributed by atoms with Crippen molar-refractivity contribution in [3.05, 3.63) is 72.9 Å². The van der Waals surface area contributed by atoms with E-state index in [9.17, 15) is 14.4 Å². The third-order valence-electron chi connectivity index (χ3n) is 14.2. The lowest BCUT2D eigenvalue weighted by molar-refractivity contribution is -0.167. The standard InChI is InChI=1S/C69H122O6/c1-4-7-10-13-16-19-22-25-27-29-31-33-34-36-37-39-41-44-47-50-53-56-59-62-68(71)74-65-66(64-73-67(70)61-58-55-52-49-46-43-24-21-18-15-12-9-6-3)75-69(72)63-60-57-54-51-48-45-42-40-38-35-32-30-28-26-23-20-17-14-11-8-5-2/h21-26,29-32,38,40,66H,4-20,27-28,33-37,39,41-65H2,1-3H3/b24-21-,25-22-,26-23-,31-29-,32-30-,40-38-. The summed E-state index contributed by atoms with van der Waals surface area (Å²) in [5, 5.41) is 0. The van der Waals surface area contributed by atoms with Crippen LogP contribution >= 0.6 is 0 Å². The monoisotopic (exact) mass is 1050 g/mol. The summed E-state index contributed by atoms with van der Waals surface area (Å²) >= 11 is 0. The molecule has 0 radical (unpaired) electrons. The van der Waals surface area contributed by atoms with Crippen molar-refractivity contribution in [1.29, 1.82) is 0 Å². The van der Waals surface area contributed by atoms with Crippen LogP contribution in [-0.4, -0.2) is 37.2 Å². The van der Waals surface area contributed by atoms with Crippen LogP contribution in [0, 0.1) is 0 Å². The van der Waals surface area contributed by atoms with Crippen LogP contribution in [-0.2, 0) is 28.6 Å². The average Bonchev–Trinajstić information content (AvgIpc) is 3.41. The van der Waals surface area contributed by atoms with Crippen molar-refractivity contribution in [2.45, 2.75) is 335 Å². The van der Waals surface area contributed by atoms with Crippen LogP contribution in [0.1, 0.15) is 329 Å². The molecule has 0 spiro atoms. The molecule has 0 saturated heterocycles. The van der Waals surface area contributed by atoms with Gasteiger partial charge >= 0.3 is 17.9 Å². The van der Waals surface area contributed by atoms with Crippen LogP contribution in [0.5, 0.6) is 0 Å². The largest absolute Gasteiger partial charge is 0.462 e. The normalized spacial score (nSPS) is 12.5. The summed E-state index contributed by atoms with van der Waals surface area (Å²) in [4.78, 5) is 38.3. The molecule has 434 valence electrons. The maximum Gasteiger partial charge on any atom is 0.306 e. The number of rotatable bonds is 59. The zero-order valence-electron chi connectivity index (χ0n) is 49.8. The first-order valence-electron chi connectivity index (χ1n) is 32.4. The molecule has 0 heterocycles. The second-order valence-corrected chi connectivity index (χ2v) is 21.7. The molecule has 1 atom stereocenters. The summed E-state index contributed by atoms with van der Waals surface area (Å²) in [5.74, 6) is -0.893. The Morgan fingerprint density at radius 1 is 0.267 bits per heavy atom. The van der Waals surface area contributed by atoms with Crippen molar-refractivity contribution in [1.82, 2.24) is 0 Å². The fourth-order valence-electron chi connectivity index (χ4n) is 9.24. The Kier molecular flexibility index (Phi) is 60.7. The summed E-state index contributed by atoms with van der Waals surface area (Å²) in [6, 6.07) is 0. The van der Waals surface area contributed by atoms with Gasteiger partial charge in [-0.3, -0.25) is 14.4 Å². The van der Waals surface area contributed by atoms with Gasteiger partial charge in [0.15, 0.2) is 6.10 Å². The number of allylic oxidation sites excluding steroid dienone is 12. The molecule has 0 aromatic rings. The lowest BCUT2D eigenvalue weighted by Gasteiger charge is -2.18. The molecule has 0 saturated carbocycles. The molecule has 75 heavy (non-hydrogen) atoms. The molecule has 0 rings (SSSR count). The van der Waals surface area contributed by atoms with Gasteiger partial charge in [0.05, 0.1) is 0 Å². The van der Waals surface area contributed by atoms with Crippen LogP contribution in [0.4, 0.5) is 0 Å². The molecule has 0 N–H and O–H groups in total. The summed E-state index contributed by atoms with van der Waals surface area (Å²) in [6.07, 6.45) is 81.9. The molecule has 0 aliphatic carbocycles. The third kappa shape index (κ3) is 61.6. The first kappa shape index (κ1) is 71.8. The average molecular weight is 1050 g/mol. The molecule has 6 heteroatoms. The maximum absolute atomic E-state index is 12.9. The summed E-state index contributed by atoms with van der Waals surface area (Å²) in [6.45, 7) is 6.62. The summed E-state index contributed by atoms with van der Waals surface area (Å²) < 4.78 is 16.9. The number of carbonyl (C=O) groups excluding carboxylic acids is 3. The Bertz CT molecular complexity index is 1390. The minimum absolute atomic E-state index is 0.0833. The number of hydrogen-bond acceptors (Lipinski definition) is 6. The predicted molar refractivity (Wildman–Crippen MR) is 325 cm³/mol. The van der Waals surface area contributed by atoms with E-state index in [0.717, 1.165) is 96.3 Å². The van der Waals surface area contributed by atoms with Crippen LogP contribution < -0.4 is 0 Å². The maximum atomic E-state index is 12.9. The number of hydrogen-bond donors (Lipinski definition) is 0. The zero-order valence-corrected chi connectivity index (χ0v) is 49.8. The van der Waals surface area contributed by atoms with E-state index in [-0.39, 0.29) is 31.1 Å². The number of ether oxygens (including phenoxy) is 3. The molecule has 0 aromatic heterocycles. The van der Waals surface area contributed by atoms with Crippen molar-refractivity contribution >= 4 is 17.9 Å². The van der Waals surface area contributed by atoms with Crippen molar-refractivity contribution in [3.63, 3.8) is 0 Å². The van der Waals surface area contributed by atoms with E-state index >= 15 is 0 Å². The first-order chi connectivity index (χ1) is 37.0. The Labute approximate surface area is 465 Å². The second kappa shape index (κ2) is 63.4. The number of esters is 3. The Hall–Kier alpha value is -3.15. The molecule has 0 bridgehead atoms. The van der Waals surface area contributed by atoms with E-state index in [1.54, 1.807) is 0 Å². The predicted octanol–water partition coefficient (Wildman–Crippen LogP) is 22.1. The Balaban J connectivity index is 4.35. The van der Waals surface area contributed by atoms with Crippen LogP contribution in [0.25, 0.3) is 0 Å². The van der Waals surface area contributed by atoms with E-state index in [0.29, 0.717) is 19.3 Å². The molecule has 0 aromatic carbocycles. The first-order valence-corrected chi connectivity index (χ1v) is 32.4. The SMILES string of the molecule is CCCCCC/C=C\CCCCCCCC(=O)OCC(COC(=O)CCCCCCCCCCCCC/C=C\C/C=C\CCCCCCC)OC(=O)CCCCCCCC/C=C\C/C=C\C/C=C\CCCCCCC. The van der Waals surface area contributed by atoms with Gasteiger partial charge in [-0.25, -0.2) is 0 Å². The van der Waals surface area contributed by atoms with Gasteiger partial charge in [0.25, 0.3) is 0 Å². The second-order valence-electron chi connectivity index (χ2n) is 21.7. The fourth-order valence-corrected chi connectivity index (χ4v) is 9.24. The molecule has 0 fully saturated rings. The summed E-state index contributed by atoms with van der Waals surface area (Å²) in [7, 11) is 0. The lowest BCUT2D eigenvalue weighted by Crippen LogP contribution is -2.30. The van der Waals surface area contributed by atoms with E-state index in [1.807, 2.05) is 0 Å². The minimum atomic E-state index is -0.788. The quantitative estimate of drug-likeness (QED) is 0.0261. The Morgan fingerprint density at radius 3 is 0.773 bits per heavy atom. The van der Waals surface area contributed by atoms with Crippen LogP contribution in [0.3, 0.4) is 0 Å². The van der Waals surface area contributed by atoms with Gasteiger partial charge in [0.1, 0.15) is 13.2 Å². The molecule has 6 nitrogen and oxygen atoms in total. The highest BCUT2D eigenvalue weighted by atomic mass is 16.6. The highest BCUT2D eigenvalue weighted by molar-refractivity contribution is 5.71. The molecule has 0 amide bonds. The van der Waals surface area contributed by atoms with Crippen molar-refractivity contribution in [2.75, 3.05) is 13.2 Å². The van der Waals surface area contributed by atoms with Gasteiger partial charge < -0.3 is 14.2 Å². The van der Waals surface area contributed by atoms with E-state index in [2.05, 4.69) is 93.7 Å². The lowest BCUT2D eigenvalue weighted by atomic mass is 10.0. The molecular weight excluding hydrogens is 925 g/mol.